The van der Waals surface area contributed by atoms with Crippen molar-refractivity contribution in [3.8, 4) is 11.5 Å². The lowest BCUT2D eigenvalue weighted by Crippen LogP contribution is -2.20. The van der Waals surface area contributed by atoms with E-state index in [0.29, 0.717) is 18.7 Å². The SMILES string of the molecule is O=C(NN=Cc1ccc(OCCNCc2ccc(Cl)cc2)c2ccccc12)c1ccc(O)c(Cl)c1. The van der Waals surface area contributed by atoms with Crippen LogP contribution in [0.4, 0.5) is 0 Å². The highest BCUT2D eigenvalue weighted by molar-refractivity contribution is 6.32. The molecule has 0 atom stereocenters. The minimum Gasteiger partial charge on any atom is -0.506 e. The number of amides is 1. The number of hydrogen-bond donors (Lipinski definition) is 3. The van der Waals surface area contributed by atoms with Crippen LogP contribution in [0.5, 0.6) is 11.5 Å². The molecule has 0 aliphatic carbocycles. The Morgan fingerprint density at radius 3 is 2.51 bits per heavy atom. The van der Waals surface area contributed by atoms with Gasteiger partial charge < -0.3 is 15.2 Å². The third-order valence-electron chi connectivity index (χ3n) is 5.28. The summed E-state index contributed by atoms with van der Waals surface area (Å²) in [7, 11) is 0. The van der Waals surface area contributed by atoms with E-state index in [2.05, 4.69) is 15.8 Å². The molecule has 4 aromatic rings. The number of phenolic OH excluding ortho intramolecular Hbond substituents is 1. The molecule has 0 aliphatic rings. The van der Waals surface area contributed by atoms with Crippen molar-refractivity contribution in [1.29, 1.82) is 0 Å². The van der Waals surface area contributed by atoms with Gasteiger partial charge in [-0.2, -0.15) is 5.10 Å². The minimum atomic E-state index is -0.432. The second kappa shape index (κ2) is 11.7. The number of hydrazone groups is 1. The molecule has 0 bridgehead atoms. The van der Waals surface area contributed by atoms with Crippen molar-refractivity contribution in [2.75, 3.05) is 13.2 Å². The molecule has 0 radical (unpaired) electrons. The second-order valence-electron chi connectivity index (χ2n) is 7.72. The van der Waals surface area contributed by atoms with Crippen molar-refractivity contribution >= 4 is 46.1 Å². The smallest absolute Gasteiger partial charge is 0.271 e. The zero-order chi connectivity index (χ0) is 24.6. The van der Waals surface area contributed by atoms with Crippen molar-refractivity contribution in [3.63, 3.8) is 0 Å². The third-order valence-corrected chi connectivity index (χ3v) is 5.83. The molecule has 0 heterocycles. The number of rotatable bonds is 9. The average molecular weight is 508 g/mol. The van der Waals surface area contributed by atoms with E-state index in [1.165, 1.54) is 18.2 Å². The van der Waals surface area contributed by atoms with Crippen molar-refractivity contribution in [2.24, 2.45) is 5.10 Å². The summed E-state index contributed by atoms with van der Waals surface area (Å²) >= 11 is 11.8. The number of carbonyl (C=O) groups is 1. The predicted octanol–water partition coefficient (Wildman–Crippen LogP) is 5.78. The fourth-order valence-electron chi connectivity index (χ4n) is 3.47. The maximum absolute atomic E-state index is 12.3. The Kier molecular flexibility index (Phi) is 8.21. The standard InChI is InChI=1S/C27H23Cl2N3O3/c28-21-9-5-18(6-10-21)16-30-13-14-35-26-12-8-20(22-3-1-2-4-23(22)26)17-31-32-27(34)19-7-11-25(33)24(29)15-19/h1-12,15,17,30,33H,13-14,16H2,(H,32,34). The van der Waals surface area contributed by atoms with Crippen LogP contribution < -0.4 is 15.5 Å². The van der Waals surface area contributed by atoms with E-state index >= 15 is 0 Å². The van der Waals surface area contributed by atoms with Gasteiger partial charge in [0, 0.05) is 34.6 Å². The van der Waals surface area contributed by atoms with Gasteiger partial charge in [-0.05, 0) is 53.4 Å². The quantitative estimate of drug-likeness (QED) is 0.152. The molecule has 0 fully saturated rings. The maximum atomic E-state index is 12.3. The molecule has 178 valence electrons. The van der Waals surface area contributed by atoms with Gasteiger partial charge in [-0.3, -0.25) is 4.79 Å². The fourth-order valence-corrected chi connectivity index (χ4v) is 3.78. The van der Waals surface area contributed by atoms with Crippen LogP contribution in [0, 0.1) is 0 Å². The lowest BCUT2D eigenvalue weighted by atomic mass is 10.0. The van der Waals surface area contributed by atoms with Gasteiger partial charge in [-0.25, -0.2) is 5.43 Å². The van der Waals surface area contributed by atoms with Gasteiger partial charge in [0.05, 0.1) is 11.2 Å². The molecular formula is C27H23Cl2N3O3. The van der Waals surface area contributed by atoms with Gasteiger partial charge in [0.15, 0.2) is 0 Å². The molecule has 0 saturated carbocycles. The van der Waals surface area contributed by atoms with Crippen LogP contribution in [0.2, 0.25) is 10.0 Å². The first-order valence-corrected chi connectivity index (χ1v) is 11.7. The zero-order valence-electron chi connectivity index (χ0n) is 18.7. The average Bonchev–Trinajstić information content (AvgIpc) is 2.87. The normalized spacial score (nSPS) is 11.1. The molecule has 4 aromatic carbocycles. The Bertz CT molecular complexity index is 1360. The first kappa shape index (κ1) is 24.5. The third kappa shape index (κ3) is 6.51. The number of hydrogen-bond acceptors (Lipinski definition) is 5. The lowest BCUT2D eigenvalue weighted by molar-refractivity contribution is 0.0955. The first-order chi connectivity index (χ1) is 17.0. The Morgan fingerprint density at radius 2 is 1.74 bits per heavy atom. The number of fused-ring (bicyclic) bond motifs is 1. The Balaban J connectivity index is 1.36. The van der Waals surface area contributed by atoms with E-state index in [4.69, 9.17) is 27.9 Å². The summed E-state index contributed by atoms with van der Waals surface area (Å²) in [5, 5.41) is 19.7. The maximum Gasteiger partial charge on any atom is 0.271 e. The zero-order valence-corrected chi connectivity index (χ0v) is 20.2. The van der Waals surface area contributed by atoms with Gasteiger partial charge in [-0.1, -0.05) is 59.6 Å². The minimum absolute atomic E-state index is 0.0853. The van der Waals surface area contributed by atoms with Gasteiger partial charge in [-0.15, -0.1) is 0 Å². The number of nitrogens with one attached hydrogen (secondary N) is 2. The van der Waals surface area contributed by atoms with Crippen LogP contribution in [0.25, 0.3) is 10.8 Å². The highest BCUT2D eigenvalue weighted by Crippen LogP contribution is 2.28. The molecule has 6 nitrogen and oxygen atoms in total. The Morgan fingerprint density at radius 1 is 0.971 bits per heavy atom. The first-order valence-electron chi connectivity index (χ1n) is 10.9. The van der Waals surface area contributed by atoms with Crippen LogP contribution in [0.15, 0.2) is 84.0 Å². The van der Waals surface area contributed by atoms with Crippen molar-refractivity contribution < 1.29 is 14.6 Å². The summed E-state index contributed by atoms with van der Waals surface area (Å²) in [6.45, 7) is 1.93. The van der Waals surface area contributed by atoms with Crippen LogP contribution in [0.1, 0.15) is 21.5 Å². The van der Waals surface area contributed by atoms with Crippen molar-refractivity contribution in [1.82, 2.24) is 10.7 Å². The largest absolute Gasteiger partial charge is 0.506 e. The molecule has 3 N–H and O–H groups in total. The van der Waals surface area contributed by atoms with Gasteiger partial charge >= 0.3 is 0 Å². The van der Waals surface area contributed by atoms with Crippen LogP contribution in [0.3, 0.4) is 0 Å². The highest BCUT2D eigenvalue weighted by atomic mass is 35.5. The van der Waals surface area contributed by atoms with Crippen LogP contribution in [-0.4, -0.2) is 30.4 Å². The van der Waals surface area contributed by atoms with E-state index in [1.807, 2.05) is 60.7 Å². The summed E-state index contributed by atoms with van der Waals surface area (Å²) in [5.74, 6) is 0.255. The summed E-state index contributed by atoms with van der Waals surface area (Å²) in [6, 6.07) is 23.6. The molecule has 4 rings (SSSR count). The second-order valence-corrected chi connectivity index (χ2v) is 8.56. The monoisotopic (exact) mass is 507 g/mol. The number of carbonyl (C=O) groups excluding carboxylic acids is 1. The number of phenols is 1. The predicted molar refractivity (Wildman–Crippen MR) is 141 cm³/mol. The van der Waals surface area contributed by atoms with E-state index in [-0.39, 0.29) is 10.8 Å². The molecule has 0 saturated heterocycles. The van der Waals surface area contributed by atoms with Crippen LogP contribution >= 0.6 is 23.2 Å². The van der Waals surface area contributed by atoms with E-state index in [9.17, 15) is 9.90 Å². The number of ether oxygens (including phenoxy) is 1. The molecule has 8 heteroatoms. The Hall–Kier alpha value is -3.58. The van der Waals surface area contributed by atoms with Gasteiger partial charge in [0.1, 0.15) is 18.1 Å². The molecule has 0 spiro atoms. The molecule has 1 amide bonds. The highest BCUT2D eigenvalue weighted by Gasteiger charge is 2.08. The molecule has 0 unspecified atom stereocenters. The van der Waals surface area contributed by atoms with Crippen molar-refractivity contribution in [2.45, 2.75) is 6.54 Å². The van der Waals surface area contributed by atoms with E-state index < -0.39 is 5.91 Å². The van der Waals surface area contributed by atoms with E-state index in [0.717, 1.165) is 39.2 Å². The van der Waals surface area contributed by atoms with Gasteiger partial charge in [0.25, 0.3) is 5.91 Å². The summed E-state index contributed by atoms with van der Waals surface area (Å²) in [6.07, 6.45) is 1.58. The fraction of sp³-hybridized carbons (Fsp3) is 0.111. The van der Waals surface area contributed by atoms with Crippen LogP contribution in [-0.2, 0) is 6.54 Å². The molecule has 35 heavy (non-hydrogen) atoms. The topological polar surface area (TPSA) is 83.0 Å². The van der Waals surface area contributed by atoms with Gasteiger partial charge in [0.2, 0.25) is 0 Å². The molecule has 0 aromatic heterocycles. The summed E-state index contributed by atoms with van der Waals surface area (Å²) in [5.41, 5.74) is 4.76. The number of halogens is 2. The number of benzene rings is 4. The number of aromatic hydroxyl groups is 1. The van der Waals surface area contributed by atoms with Crippen molar-refractivity contribution in [3.05, 3.63) is 106 Å². The lowest BCUT2D eigenvalue weighted by Gasteiger charge is -2.12. The summed E-state index contributed by atoms with van der Waals surface area (Å²) < 4.78 is 6.02. The molecule has 0 aliphatic heterocycles. The number of nitrogens with zero attached hydrogens (tertiary/aromatic N) is 1. The van der Waals surface area contributed by atoms with E-state index in [1.54, 1.807) is 6.21 Å². The Labute approximate surface area is 213 Å². The summed E-state index contributed by atoms with van der Waals surface area (Å²) in [4.78, 5) is 12.3. The molecular weight excluding hydrogens is 485 g/mol.